The largest absolute Gasteiger partial charge is 0.446 e. The van der Waals surface area contributed by atoms with Gasteiger partial charge in [-0.05, 0) is 24.1 Å². The van der Waals surface area contributed by atoms with Crippen LogP contribution >= 0.6 is 0 Å². The summed E-state index contributed by atoms with van der Waals surface area (Å²) in [4.78, 5) is 34.5. The van der Waals surface area contributed by atoms with Crippen LogP contribution in [0.1, 0.15) is 36.8 Å². The topological polar surface area (TPSA) is 111 Å². The third kappa shape index (κ3) is 4.19. The van der Waals surface area contributed by atoms with E-state index in [0.717, 1.165) is 5.01 Å². The molecule has 30 heavy (non-hydrogen) atoms. The first kappa shape index (κ1) is 20.7. The van der Waals surface area contributed by atoms with Crippen molar-refractivity contribution in [1.29, 1.82) is 0 Å². The summed E-state index contributed by atoms with van der Waals surface area (Å²) in [6, 6.07) is 10.9. The van der Waals surface area contributed by atoms with Gasteiger partial charge in [-0.15, -0.1) is 11.7 Å². The van der Waals surface area contributed by atoms with E-state index < -0.39 is 23.0 Å². The Morgan fingerprint density at radius 2 is 2.03 bits per heavy atom. The minimum atomic E-state index is -1.00. The van der Waals surface area contributed by atoms with Crippen LogP contribution in [0.2, 0.25) is 0 Å². The van der Waals surface area contributed by atoms with Crippen LogP contribution in [0.5, 0.6) is 5.75 Å². The van der Waals surface area contributed by atoms with Crippen molar-refractivity contribution >= 4 is 23.5 Å². The van der Waals surface area contributed by atoms with Gasteiger partial charge in [-0.1, -0.05) is 24.3 Å². The maximum absolute atomic E-state index is 12.2. The number of hydrazone groups is 1. The van der Waals surface area contributed by atoms with Crippen LogP contribution in [-0.4, -0.2) is 27.7 Å². The molecule has 0 N–H and O–H groups in total. The zero-order valence-electron chi connectivity index (χ0n) is 16.4. The van der Waals surface area contributed by atoms with Crippen LogP contribution in [-0.2, 0) is 20.7 Å². The fraction of sp³-hybridized carbons (Fsp3) is 0.190. The van der Waals surface area contributed by atoms with Crippen LogP contribution in [0.3, 0.4) is 0 Å². The van der Waals surface area contributed by atoms with E-state index >= 15 is 0 Å². The monoisotopic (exact) mass is 409 g/mol. The van der Waals surface area contributed by atoms with Crippen LogP contribution in [0, 0.1) is 10.1 Å². The van der Waals surface area contributed by atoms with E-state index in [1.54, 1.807) is 30.3 Å². The Balaban J connectivity index is 2.05. The molecule has 0 saturated heterocycles. The molecule has 0 aliphatic carbocycles. The van der Waals surface area contributed by atoms with Gasteiger partial charge in [0.05, 0.1) is 10.5 Å². The Kier molecular flexibility index (Phi) is 5.91. The Bertz CT molecular complexity index is 1060. The molecule has 1 heterocycles. The van der Waals surface area contributed by atoms with Crippen molar-refractivity contribution < 1.29 is 24.0 Å². The first-order valence-corrected chi connectivity index (χ1v) is 9.02. The lowest BCUT2D eigenvalue weighted by Crippen LogP contribution is -2.26. The molecule has 9 heteroatoms. The second kappa shape index (κ2) is 8.56. The third-order valence-electron chi connectivity index (χ3n) is 4.27. The van der Waals surface area contributed by atoms with Gasteiger partial charge in [-0.2, -0.15) is 5.01 Å². The van der Waals surface area contributed by atoms with Crippen molar-refractivity contribution in [3.8, 4) is 5.75 Å². The first-order valence-electron chi connectivity index (χ1n) is 9.02. The van der Waals surface area contributed by atoms with E-state index in [2.05, 4.69) is 11.7 Å². The summed E-state index contributed by atoms with van der Waals surface area (Å²) in [7, 11) is 0. The zero-order valence-corrected chi connectivity index (χ0v) is 16.4. The van der Waals surface area contributed by atoms with E-state index in [1.165, 1.54) is 32.0 Å². The highest BCUT2D eigenvalue weighted by Crippen LogP contribution is 2.38. The summed E-state index contributed by atoms with van der Waals surface area (Å²) < 4.78 is 11.3. The number of benzene rings is 2. The number of nitro benzene ring substituents is 1. The van der Waals surface area contributed by atoms with Crippen LogP contribution < -0.4 is 4.74 Å². The number of hydrogen-bond acceptors (Lipinski definition) is 7. The molecule has 0 saturated carbocycles. The van der Waals surface area contributed by atoms with Gasteiger partial charge >= 0.3 is 5.97 Å². The van der Waals surface area contributed by atoms with Crippen molar-refractivity contribution in [1.82, 2.24) is 5.01 Å². The van der Waals surface area contributed by atoms with Crippen LogP contribution in [0.4, 0.5) is 5.69 Å². The van der Waals surface area contributed by atoms with E-state index in [0.29, 0.717) is 23.1 Å². The summed E-state index contributed by atoms with van der Waals surface area (Å²) in [5, 5.41) is 16.4. The Morgan fingerprint density at radius 3 is 2.67 bits per heavy atom. The molecule has 2 aromatic rings. The average molecular weight is 409 g/mol. The number of amides is 1. The molecule has 2 aromatic carbocycles. The highest BCUT2D eigenvalue weighted by molar-refractivity contribution is 5.97. The van der Waals surface area contributed by atoms with Gasteiger partial charge in [0.2, 0.25) is 18.0 Å². The maximum Gasteiger partial charge on any atom is 0.308 e. The molecular formula is C21H19N3O6. The number of para-hydroxylation sites is 1. The van der Waals surface area contributed by atoms with Crippen LogP contribution in [0.15, 0.2) is 60.2 Å². The third-order valence-corrected chi connectivity index (χ3v) is 4.27. The maximum atomic E-state index is 12.2. The van der Waals surface area contributed by atoms with Gasteiger partial charge in [0.15, 0.2) is 0 Å². The normalized spacial score (nSPS) is 15.2. The lowest BCUT2D eigenvalue weighted by atomic mass is 10.0. The van der Waals surface area contributed by atoms with Gasteiger partial charge in [0.1, 0.15) is 5.75 Å². The predicted molar refractivity (Wildman–Crippen MR) is 108 cm³/mol. The number of carbonyl (C=O) groups excluding carboxylic acids is 2. The molecule has 0 bridgehead atoms. The first-order chi connectivity index (χ1) is 14.3. The van der Waals surface area contributed by atoms with Crippen molar-refractivity contribution in [2.24, 2.45) is 5.10 Å². The lowest BCUT2D eigenvalue weighted by molar-refractivity contribution is -0.384. The van der Waals surface area contributed by atoms with Gasteiger partial charge < -0.3 is 9.47 Å². The van der Waals surface area contributed by atoms with Gasteiger partial charge in [-0.25, -0.2) is 0 Å². The van der Waals surface area contributed by atoms with Crippen molar-refractivity contribution in [3.63, 3.8) is 0 Å². The number of carbonyl (C=O) groups is 2. The fourth-order valence-electron chi connectivity index (χ4n) is 3.02. The Morgan fingerprint density at radius 1 is 1.30 bits per heavy atom. The summed E-state index contributed by atoms with van der Waals surface area (Å²) in [5.41, 5.74) is 1.32. The molecule has 0 aromatic heterocycles. The molecule has 1 atom stereocenters. The summed E-state index contributed by atoms with van der Waals surface area (Å²) >= 11 is 0. The summed E-state index contributed by atoms with van der Waals surface area (Å²) in [6.07, 6.45) is 1.09. The fourth-order valence-corrected chi connectivity index (χ4v) is 3.02. The van der Waals surface area contributed by atoms with Crippen molar-refractivity contribution in [3.05, 3.63) is 81.9 Å². The molecule has 1 aliphatic rings. The molecule has 0 unspecified atom stereocenters. The second-order valence-electron chi connectivity index (χ2n) is 6.47. The van der Waals surface area contributed by atoms with Crippen molar-refractivity contribution in [2.45, 2.75) is 26.5 Å². The number of rotatable bonds is 6. The number of allylic oxidation sites excluding steroid dienone is 1. The Labute approximate surface area is 172 Å². The van der Waals surface area contributed by atoms with E-state index in [4.69, 9.17) is 9.47 Å². The minimum absolute atomic E-state index is 0.0433. The second-order valence-corrected chi connectivity index (χ2v) is 6.47. The molecule has 9 nitrogen and oxygen atoms in total. The van der Waals surface area contributed by atoms with Gasteiger partial charge in [0, 0.05) is 31.5 Å². The SMILES string of the molecule is C=CCc1cccc([C@@H]2OC(c3cccc([N+](=O)[O-])c3)=NN2C(C)=O)c1OC(C)=O. The van der Waals surface area contributed by atoms with Gasteiger partial charge in [0.25, 0.3) is 5.69 Å². The number of nitro groups is 1. The molecule has 3 rings (SSSR count). The molecule has 1 amide bonds. The molecule has 154 valence electrons. The Hall–Kier alpha value is -4.01. The number of ether oxygens (including phenoxy) is 2. The number of hydrogen-bond donors (Lipinski definition) is 0. The average Bonchev–Trinajstić information content (AvgIpc) is 3.15. The molecule has 1 aliphatic heterocycles. The van der Waals surface area contributed by atoms with E-state index in [1.807, 2.05) is 0 Å². The van der Waals surface area contributed by atoms with Crippen molar-refractivity contribution in [2.75, 3.05) is 0 Å². The standard InChI is InChI=1S/C21H19N3O6/c1-4-7-15-8-6-11-18(19(15)29-14(3)26)21-23(13(2)25)22-20(30-21)16-9-5-10-17(12-16)24(27)28/h4-6,8-12,21H,1,7H2,2-3H3/t21-/m0/s1. The van der Waals surface area contributed by atoms with E-state index in [9.17, 15) is 19.7 Å². The molecular weight excluding hydrogens is 390 g/mol. The number of nitrogens with zero attached hydrogens (tertiary/aromatic N) is 3. The zero-order chi connectivity index (χ0) is 21.8. The number of esters is 1. The van der Waals surface area contributed by atoms with Gasteiger partial charge in [-0.3, -0.25) is 19.7 Å². The minimum Gasteiger partial charge on any atom is -0.446 e. The smallest absolute Gasteiger partial charge is 0.308 e. The molecule has 0 radical (unpaired) electrons. The quantitative estimate of drug-likeness (QED) is 0.237. The highest BCUT2D eigenvalue weighted by Gasteiger charge is 2.36. The van der Waals surface area contributed by atoms with E-state index in [-0.39, 0.29) is 17.3 Å². The molecule has 0 fully saturated rings. The predicted octanol–water partition coefficient (Wildman–Crippen LogP) is 3.49. The number of non-ortho nitro benzene ring substituents is 1. The van der Waals surface area contributed by atoms with Crippen LogP contribution in [0.25, 0.3) is 0 Å². The summed E-state index contributed by atoms with van der Waals surface area (Å²) in [5.74, 6) is -0.637. The summed E-state index contributed by atoms with van der Waals surface area (Å²) in [6.45, 7) is 6.30. The molecule has 0 spiro atoms. The lowest BCUT2D eigenvalue weighted by Gasteiger charge is -2.22. The highest BCUT2D eigenvalue weighted by atomic mass is 16.6.